The zero-order valence-corrected chi connectivity index (χ0v) is 11.9. The van der Waals surface area contributed by atoms with Gasteiger partial charge in [-0.2, -0.15) is 5.26 Å². The van der Waals surface area contributed by atoms with E-state index in [9.17, 15) is 10.1 Å². The predicted octanol–water partition coefficient (Wildman–Crippen LogP) is 2.15. The van der Waals surface area contributed by atoms with Crippen molar-refractivity contribution in [3.63, 3.8) is 0 Å². The Kier molecular flexibility index (Phi) is 3.40. The first-order valence-corrected chi connectivity index (χ1v) is 7.02. The topological polar surface area (TPSA) is 69.3 Å². The van der Waals surface area contributed by atoms with Crippen LogP contribution >= 0.6 is 0 Å². The highest BCUT2D eigenvalue weighted by molar-refractivity contribution is 6.06. The lowest BCUT2D eigenvalue weighted by Gasteiger charge is -2.35. The lowest BCUT2D eigenvalue weighted by Crippen LogP contribution is -2.53. The van der Waals surface area contributed by atoms with Crippen LogP contribution in [-0.2, 0) is 0 Å². The minimum Gasteiger partial charge on any atom is -0.463 e. The number of piperidine rings is 1. The van der Waals surface area contributed by atoms with Crippen molar-refractivity contribution < 1.29 is 9.21 Å². The third-order valence-electron chi connectivity index (χ3n) is 4.13. The number of fused-ring (bicyclic) bond motifs is 1. The molecule has 1 amide bonds. The molecule has 0 radical (unpaired) electrons. The van der Waals surface area contributed by atoms with Gasteiger partial charge in [-0.05, 0) is 26.0 Å². The summed E-state index contributed by atoms with van der Waals surface area (Å²) in [5.74, 6) is -0.244. The molecule has 108 valence electrons. The summed E-state index contributed by atoms with van der Waals surface area (Å²) in [6.07, 6.45) is 2.74. The molecule has 1 N–H and O–H groups in total. The maximum atomic E-state index is 12.5. The highest BCUT2D eigenvalue weighted by Gasteiger charge is 2.36. The molecule has 1 fully saturated rings. The zero-order valence-electron chi connectivity index (χ0n) is 11.9. The molecule has 21 heavy (non-hydrogen) atoms. The number of nitrogens with zero attached hydrogens (tertiary/aromatic N) is 2. The van der Waals surface area contributed by atoms with Crippen LogP contribution < -0.4 is 5.32 Å². The van der Waals surface area contributed by atoms with Crippen molar-refractivity contribution >= 4 is 16.9 Å². The van der Waals surface area contributed by atoms with Crippen molar-refractivity contribution in [2.75, 3.05) is 20.1 Å². The van der Waals surface area contributed by atoms with E-state index in [1.165, 1.54) is 6.26 Å². The highest BCUT2D eigenvalue weighted by Crippen LogP contribution is 2.24. The van der Waals surface area contributed by atoms with Crippen LogP contribution in [0.2, 0.25) is 0 Å². The lowest BCUT2D eigenvalue weighted by atomic mass is 9.89. The number of furan rings is 1. The molecule has 0 bridgehead atoms. The van der Waals surface area contributed by atoms with Gasteiger partial charge in [0, 0.05) is 18.5 Å². The first-order valence-electron chi connectivity index (χ1n) is 7.02. The number of amides is 1. The summed E-state index contributed by atoms with van der Waals surface area (Å²) in [6.45, 7) is 1.61. The molecule has 3 rings (SSSR count). The quantitative estimate of drug-likeness (QED) is 0.917. The Morgan fingerprint density at radius 1 is 1.38 bits per heavy atom. The van der Waals surface area contributed by atoms with Crippen molar-refractivity contribution in [1.29, 1.82) is 5.26 Å². The average Bonchev–Trinajstić information content (AvgIpc) is 2.94. The number of benzene rings is 1. The smallest absolute Gasteiger partial charge is 0.256 e. The van der Waals surface area contributed by atoms with Gasteiger partial charge in [0.25, 0.3) is 5.91 Å². The molecular weight excluding hydrogens is 266 g/mol. The van der Waals surface area contributed by atoms with E-state index in [2.05, 4.69) is 16.3 Å². The first kappa shape index (κ1) is 13.7. The third-order valence-corrected chi connectivity index (χ3v) is 4.13. The fourth-order valence-electron chi connectivity index (χ4n) is 2.70. The van der Waals surface area contributed by atoms with Gasteiger partial charge in [0.15, 0.2) is 0 Å². The van der Waals surface area contributed by atoms with Crippen molar-refractivity contribution in [2.24, 2.45) is 0 Å². The summed E-state index contributed by atoms with van der Waals surface area (Å²) >= 11 is 0. The van der Waals surface area contributed by atoms with Crippen LogP contribution in [-0.4, -0.2) is 36.5 Å². The second-order valence-electron chi connectivity index (χ2n) is 5.60. The van der Waals surface area contributed by atoms with Gasteiger partial charge in [0.1, 0.15) is 17.4 Å². The van der Waals surface area contributed by atoms with Crippen LogP contribution in [0.3, 0.4) is 0 Å². The number of likely N-dealkylation sites (tertiary alicyclic amines) is 1. The SMILES string of the molecule is CN1CCC(C#N)(NC(=O)c2coc3ccccc23)CC1. The highest BCUT2D eigenvalue weighted by atomic mass is 16.3. The summed E-state index contributed by atoms with van der Waals surface area (Å²) in [7, 11) is 2.02. The molecule has 1 aliphatic heterocycles. The molecule has 0 saturated carbocycles. The van der Waals surface area contributed by atoms with E-state index in [0.29, 0.717) is 24.0 Å². The van der Waals surface area contributed by atoms with Gasteiger partial charge in [0.2, 0.25) is 0 Å². The fourth-order valence-corrected chi connectivity index (χ4v) is 2.70. The number of hydrogen-bond acceptors (Lipinski definition) is 4. The van der Waals surface area contributed by atoms with E-state index in [1.54, 1.807) is 0 Å². The lowest BCUT2D eigenvalue weighted by molar-refractivity contribution is 0.0883. The van der Waals surface area contributed by atoms with E-state index in [1.807, 2.05) is 31.3 Å². The molecule has 5 heteroatoms. The third kappa shape index (κ3) is 2.50. The van der Waals surface area contributed by atoms with Crippen LogP contribution in [0.15, 0.2) is 34.9 Å². The molecule has 0 aliphatic carbocycles. The standard InChI is InChI=1S/C16H17N3O2/c1-19-8-6-16(11-17,7-9-19)18-15(20)13-10-21-14-5-3-2-4-12(13)14/h2-5,10H,6-9H2,1H3,(H,18,20). The van der Waals surface area contributed by atoms with Crippen molar-refractivity contribution in [1.82, 2.24) is 10.2 Å². The maximum absolute atomic E-state index is 12.5. The van der Waals surface area contributed by atoms with Crippen molar-refractivity contribution in [3.8, 4) is 6.07 Å². The number of nitriles is 1. The van der Waals surface area contributed by atoms with Crippen LogP contribution in [0.25, 0.3) is 11.0 Å². The number of rotatable bonds is 2. The molecular formula is C16H17N3O2. The van der Waals surface area contributed by atoms with Gasteiger partial charge in [-0.25, -0.2) is 0 Å². The molecule has 1 aliphatic rings. The summed E-state index contributed by atoms with van der Waals surface area (Å²) in [6, 6.07) is 9.69. The Morgan fingerprint density at radius 2 is 2.10 bits per heavy atom. The van der Waals surface area contributed by atoms with E-state index >= 15 is 0 Å². The average molecular weight is 283 g/mol. The summed E-state index contributed by atoms with van der Waals surface area (Å²) in [5.41, 5.74) is 0.387. The molecule has 0 atom stereocenters. The van der Waals surface area contributed by atoms with Gasteiger partial charge in [0.05, 0.1) is 11.6 Å². The fraction of sp³-hybridized carbons (Fsp3) is 0.375. The van der Waals surface area contributed by atoms with Gasteiger partial charge >= 0.3 is 0 Å². The van der Waals surface area contributed by atoms with Crippen LogP contribution in [0.4, 0.5) is 0 Å². The minimum absolute atomic E-state index is 0.244. The Labute approximate surface area is 123 Å². The summed E-state index contributed by atoms with van der Waals surface area (Å²) < 4.78 is 5.39. The van der Waals surface area contributed by atoms with Gasteiger partial charge < -0.3 is 14.6 Å². The van der Waals surface area contributed by atoms with Crippen molar-refractivity contribution in [2.45, 2.75) is 18.4 Å². The first-order chi connectivity index (χ1) is 10.1. The summed E-state index contributed by atoms with van der Waals surface area (Å²) in [4.78, 5) is 14.7. The van der Waals surface area contributed by atoms with Crippen LogP contribution in [0.5, 0.6) is 0 Å². The molecule has 1 aromatic heterocycles. The van der Waals surface area contributed by atoms with E-state index in [0.717, 1.165) is 18.5 Å². The zero-order chi connectivity index (χ0) is 14.9. The Bertz CT molecular complexity index is 706. The number of nitrogens with one attached hydrogen (secondary N) is 1. The predicted molar refractivity (Wildman–Crippen MR) is 78.8 cm³/mol. The monoisotopic (exact) mass is 283 g/mol. The van der Waals surface area contributed by atoms with Gasteiger partial charge in [-0.3, -0.25) is 4.79 Å². The molecule has 2 heterocycles. The molecule has 1 saturated heterocycles. The molecule has 1 aromatic carbocycles. The largest absolute Gasteiger partial charge is 0.463 e. The van der Waals surface area contributed by atoms with Gasteiger partial charge in [-0.15, -0.1) is 0 Å². The van der Waals surface area contributed by atoms with E-state index in [4.69, 9.17) is 4.42 Å². The number of para-hydroxylation sites is 1. The Hall–Kier alpha value is -2.32. The number of hydrogen-bond donors (Lipinski definition) is 1. The van der Waals surface area contributed by atoms with Crippen LogP contribution in [0, 0.1) is 11.3 Å². The minimum atomic E-state index is -0.776. The molecule has 2 aromatic rings. The van der Waals surface area contributed by atoms with Crippen LogP contribution in [0.1, 0.15) is 23.2 Å². The van der Waals surface area contributed by atoms with Crippen molar-refractivity contribution in [3.05, 3.63) is 36.1 Å². The molecule has 0 unspecified atom stereocenters. The Morgan fingerprint density at radius 3 is 2.81 bits per heavy atom. The van der Waals surface area contributed by atoms with E-state index < -0.39 is 5.54 Å². The second-order valence-corrected chi connectivity index (χ2v) is 5.60. The number of carbonyl (C=O) groups is 1. The van der Waals surface area contributed by atoms with E-state index in [-0.39, 0.29) is 5.91 Å². The summed E-state index contributed by atoms with van der Waals surface area (Å²) in [5, 5.41) is 13.2. The molecule has 5 nitrogen and oxygen atoms in total. The Balaban J connectivity index is 1.84. The second kappa shape index (κ2) is 5.23. The normalized spacial score (nSPS) is 18.3. The number of carbonyl (C=O) groups excluding carboxylic acids is 1. The van der Waals surface area contributed by atoms with Gasteiger partial charge in [-0.1, -0.05) is 18.2 Å². The maximum Gasteiger partial charge on any atom is 0.256 e. The molecule has 0 spiro atoms.